The third-order valence-corrected chi connectivity index (χ3v) is 2.29. The van der Waals surface area contributed by atoms with Gasteiger partial charge >= 0.3 is 0 Å². The highest BCUT2D eigenvalue weighted by Gasteiger charge is 2.01. The molecular weight excluding hydrogens is 241 g/mol. The van der Waals surface area contributed by atoms with E-state index in [9.17, 15) is 0 Å². The van der Waals surface area contributed by atoms with Crippen molar-refractivity contribution in [1.82, 2.24) is 15.2 Å². The summed E-state index contributed by atoms with van der Waals surface area (Å²) in [4.78, 5) is 6.58. The number of nitrogens with one attached hydrogen (secondary N) is 1. The minimum absolute atomic E-state index is 0. The Balaban J connectivity index is 0. The van der Waals surface area contributed by atoms with Crippen LogP contribution in [0.15, 0.2) is 5.38 Å². The fraction of sp³-hybridized carbons (Fsp3) is 0.625. The normalized spacial score (nSPS) is 9.43. The average Bonchev–Trinajstić information content (AvgIpc) is 2.36. The molecule has 0 radical (unpaired) electrons. The lowest BCUT2D eigenvalue weighted by Gasteiger charge is -2.04. The average molecular weight is 258 g/mol. The molecule has 84 valence electrons. The molecule has 0 aliphatic heterocycles. The lowest BCUT2D eigenvalue weighted by Crippen LogP contribution is -2.11. The summed E-state index contributed by atoms with van der Waals surface area (Å²) in [6.45, 7) is 1.80. The van der Waals surface area contributed by atoms with E-state index in [4.69, 9.17) is 0 Å². The summed E-state index contributed by atoms with van der Waals surface area (Å²) in [5.41, 5.74) is 1.14. The molecule has 0 unspecified atom stereocenters. The zero-order chi connectivity index (χ0) is 8.97. The highest BCUT2D eigenvalue weighted by molar-refractivity contribution is 7.09. The fourth-order valence-electron chi connectivity index (χ4n) is 0.954. The molecule has 0 saturated heterocycles. The Morgan fingerprint density at radius 2 is 2.07 bits per heavy atom. The Morgan fingerprint density at radius 3 is 2.57 bits per heavy atom. The van der Waals surface area contributed by atoms with E-state index >= 15 is 0 Å². The minimum Gasteiger partial charge on any atom is -0.314 e. The number of rotatable bonds is 4. The van der Waals surface area contributed by atoms with E-state index in [2.05, 4.69) is 34.7 Å². The number of aromatic nitrogens is 1. The Labute approximate surface area is 102 Å². The smallest absolute Gasteiger partial charge is 0.107 e. The molecule has 0 atom stereocenters. The zero-order valence-corrected chi connectivity index (χ0v) is 11.1. The number of halogens is 2. The van der Waals surface area contributed by atoms with Gasteiger partial charge in [-0.2, -0.15) is 0 Å². The van der Waals surface area contributed by atoms with Crippen molar-refractivity contribution in [2.45, 2.75) is 13.1 Å². The van der Waals surface area contributed by atoms with E-state index < -0.39 is 0 Å². The molecule has 3 nitrogen and oxygen atoms in total. The summed E-state index contributed by atoms with van der Waals surface area (Å²) in [6.07, 6.45) is 0. The number of nitrogens with zero attached hydrogens (tertiary/aromatic N) is 2. The highest BCUT2D eigenvalue weighted by atomic mass is 35.5. The summed E-state index contributed by atoms with van der Waals surface area (Å²) in [7, 11) is 6.04. The first-order valence-electron chi connectivity index (χ1n) is 3.95. The summed E-state index contributed by atoms with van der Waals surface area (Å²) in [5, 5.41) is 6.37. The second-order valence-corrected chi connectivity index (χ2v) is 3.94. The molecular formula is C8H17Cl2N3S. The molecule has 14 heavy (non-hydrogen) atoms. The van der Waals surface area contributed by atoms with Crippen molar-refractivity contribution in [1.29, 1.82) is 0 Å². The summed E-state index contributed by atoms with van der Waals surface area (Å²) >= 11 is 1.73. The quantitative estimate of drug-likeness (QED) is 0.892. The van der Waals surface area contributed by atoms with Gasteiger partial charge in [0.2, 0.25) is 0 Å². The van der Waals surface area contributed by atoms with Crippen LogP contribution in [-0.2, 0) is 13.1 Å². The second kappa shape index (κ2) is 8.44. The third-order valence-electron chi connectivity index (χ3n) is 1.41. The molecule has 0 aromatic carbocycles. The summed E-state index contributed by atoms with van der Waals surface area (Å²) in [6, 6.07) is 0. The van der Waals surface area contributed by atoms with Crippen molar-refractivity contribution in [3.05, 3.63) is 16.1 Å². The predicted octanol–water partition coefficient (Wildman–Crippen LogP) is 1.77. The van der Waals surface area contributed by atoms with E-state index in [0.717, 1.165) is 18.8 Å². The van der Waals surface area contributed by atoms with Gasteiger partial charge in [0.15, 0.2) is 0 Å². The van der Waals surface area contributed by atoms with Gasteiger partial charge in [0.1, 0.15) is 5.01 Å². The van der Waals surface area contributed by atoms with Gasteiger partial charge in [0.05, 0.1) is 5.69 Å². The molecule has 6 heteroatoms. The summed E-state index contributed by atoms with van der Waals surface area (Å²) in [5.74, 6) is 0. The predicted molar refractivity (Wildman–Crippen MR) is 66.8 cm³/mol. The van der Waals surface area contributed by atoms with E-state index in [1.54, 1.807) is 11.3 Å². The SMILES string of the molecule is CNCc1csc(CN(C)C)n1.Cl.Cl. The highest BCUT2D eigenvalue weighted by Crippen LogP contribution is 2.10. The molecule has 1 rings (SSSR count). The van der Waals surface area contributed by atoms with Gasteiger partial charge in [-0.15, -0.1) is 36.2 Å². The van der Waals surface area contributed by atoms with Gasteiger partial charge in [-0.05, 0) is 21.1 Å². The lowest BCUT2D eigenvalue weighted by molar-refractivity contribution is 0.401. The van der Waals surface area contributed by atoms with Gasteiger partial charge in [-0.25, -0.2) is 4.98 Å². The molecule has 0 spiro atoms. The zero-order valence-electron chi connectivity index (χ0n) is 8.61. The van der Waals surface area contributed by atoms with Crippen LogP contribution in [0.4, 0.5) is 0 Å². The third kappa shape index (κ3) is 5.78. The first-order chi connectivity index (χ1) is 5.72. The molecule has 0 aliphatic carbocycles. The summed E-state index contributed by atoms with van der Waals surface area (Å²) < 4.78 is 0. The van der Waals surface area contributed by atoms with Crippen molar-refractivity contribution in [2.75, 3.05) is 21.1 Å². The second-order valence-electron chi connectivity index (χ2n) is 3.00. The minimum atomic E-state index is 0. The van der Waals surface area contributed by atoms with Crippen LogP contribution in [0.1, 0.15) is 10.7 Å². The van der Waals surface area contributed by atoms with Crippen molar-refractivity contribution >= 4 is 36.2 Å². The van der Waals surface area contributed by atoms with E-state index in [1.165, 1.54) is 5.01 Å². The molecule has 0 aliphatic rings. The number of hydrogen-bond donors (Lipinski definition) is 1. The fourth-order valence-corrected chi connectivity index (χ4v) is 1.87. The maximum absolute atomic E-state index is 4.45. The van der Waals surface area contributed by atoms with E-state index in [0.29, 0.717) is 0 Å². The molecule has 0 saturated carbocycles. The maximum atomic E-state index is 4.45. The molecule has 0 amide bonds. The van der Waals surface area contributed by atoms with Crippen LogP contribution in [0.2, 0.25) is 0 Å². The molecule has 1 N–H and O–H groups in total. The maximum Gasteiger partial charge on any atom is 0.107 e. The van der Waals surface area contributed by atoms with Gasteiger partial charge in [-0.1, -0.05) is 0 Å². The van der Waals surface area contributed by atoms with Crippen LogP contribution in [-0.4, -0.2) is 31.0 Å². The van der Waals surface area contributed by atoms with Gasteiger partial charge in [0, 0.05) is 18.5 Å². The molecule has 0 fully saturated rings. The van der Waals surface area contributed by atoms with Crippen LogP contribution in [0.3, 0.4) is 0 Å². The van der Waals surface area contributed by atoms with Crippen LogP contribution in [0.25, 0.3) is 0 Å². The largest absolute Gasteiger partial charge is 0.314 e. The lowest BCUT2D eigenvalue weighted by atomic mass is 10.5. The Morgan fingerprint density at radius 1 is 1.43 bits per heavy atom. The Bertz CT molecular complexity index is 240. The first kappa shape index (κ1) is 16.6. The molecule has 0 bridgehead atoms. The topological polar surface area (TPSA) is 28.2 Å². The van der Waals surface area contributed by atoms with Crippen LogP contribution < -0.4 is 5.32 Å². The molecule has 1 heterocycles. The Kier molecular flexibility index (Phi) is 9.98. The van der Waals surface area contributed by atoms with Gasteiger partial charge in [-0.3, -0.25) is 0 Å². The molecule has 1 aromatic heterocycles. The van der Waals surface area contributed by atoms with Crippen LogP contribution in [0.5, 0.6) is 0 Å². The molecule has 1 aromatic rings. The standard InChI is InChI=1S/C8H15N3S.2ClH/c1-9-4-7-6-12-8(10-7)5-11(2)3;;/h6,9H,4-5H2,1-3H3;2*1H. The van der Waals surface area contributed by atoms with E-state index in [1.807, 2.05) is 7.05 Å². The van der Waals surface area contributed by atoms with Crippen molar-refractivity contribution < 1.29 is 0 Å². The Hall–Kier alpha value is 0.130. The first-order valence-corrected chi connectivity index (χ1v) is 4.83. The monoisotopic (exact) mass is 257 g/mol. The van der Waals surface area contributed by atoms with Gasteiger partial charge < -0.3 is 10.2 Å². The van der Waals surface area contributed by atoms with Crippen LogP contribution in [0, 0.1) is 0 Å². The number of hydrogen-bond acceptors (Lipinski definition) is 4. The number of thiazole rings is 1. The van der Waals surface area contributed by atoms with Crippen molar-refractivity contribution in [2.24, 2.45) is 0 Å². The van der Waals surface area contributed by atoms with Crippen LogP contribution >= 0.6 is 36.2 Å². The van der Waals surface area contributed by atoms with Crippen molar-refractivity contribution in [3.8, 4) is 0 Å². The van der Waals surface area contributed by atoms with E-state index in [-0.39, 0.29) is 24.8 Å². The van der Waals surface area contributed by atoms with Gasteiger partial charge in [0.25, 0.3) is 0 Å². The van der Waals surface area contributed by atoms with Crippen molar-refractivity contribution in [3.63, 3.8) is 0 Å².